The molecule has 0 saturated carbocycles. The smallest absolute Gasteiger partial charge is 0.303 e. The van der Waals surface area contributed by atoms with Gasteiger partial charge in [-0.3, -0.25) is 14.4 Å². The first-order chi connectivity index (χ1) is 10.5. The Hall–Kier alpha value is -1.59. The maximum absolute atomic E-state index is 11.3. The van der Waals surface area contributed by atoms with Crippen LogP contribution in [0.4, 0.5) is 0 Å². The molecule has 0 aliphatic carbocycles. The van der Waals surface area contributed by atoms with Crippen molar-refractivity contribution in [2.45, 2.75) is 26.7 Å². The highest BCUT2D eigenvalue weighted by atomic mass is 16.6. The van der Waals surface area contributed by atoms with Gasteiger partial charge < -0.3 is 14.2 Å². The Morgan fingerprint density at radius 3 is 1.87 bits per heavy atom. The molecule has 0 bridgehead atoms. The maximum Gasteiger partial charge on any atom is 0.303 e. The van der Waals surface area contributed by atoms with Gasteiger partial charge in [0.05, 0.1) is 0 Å². The molecule has 0 unspecified atom stereocenters. The van der Waals surface area contributed by atoms with Crippen LogP contribution in [0.2, 0.25) is 0 Å². The van der Waals surface area contributed by atoms with Gasteiger partial charge in [0.15, 0.2) is 6.10 Å². The van der Waals surface area contributed by atoms with Gasteiger partial charge in [0.25, 0.3) is 0 Å². The van der Waals surface area contributed by atoms with Crippen molar-refractivity contribution in [2.24, 2.45) is 0 Å². The van der Waals surface area contributed by atoms with Crippen LogP contribution in [0.25, 0.3) is 0 Å². The third-order valence-electron chi connectivity index (χ3n) is 1.07. The largest absolute Gasteiger partial charge is 0.462 e. The molecule has 6 heteroatoms. The topological polar surface area (TPSA) is 78.9 Å². The first-order valence-corrected chi connectivity index (χ1v) is 3.60. The fraction of sp³-hybridized carbons (Fsp3) is 0.667. The molecule has 86 valence electrons. The molecule has 0 rings (SSSR count). The fourth-order valence-electron chi connectivity index (χ4n) is 0.605. The molecule has 0 spiro atoms. The van der Waals surface area contributed by atoms with Crippen molar-refractivity contribution >= 4 is 17.9 Å². The molecule has 0 heterocycles. The summed E-state index contributed by atoms with van der Waals surface area (Å²) in [6.07, 6.45) is -1.70. The minimum atomic E-state index is -3.18. The van der Waals surface area contributed by atoms with E-state index in [-0.39, 0.29) is 0 Å². The van der Waals surface area contributed by atoms with Gasteiger partial charge in [-0.05, 0) is 0 Å². The van der Waals surface area contributed by atoms with Crippen molar-refractivity contribution in [2.75, 3.05) is 13.2 Å². The minimum absolute atomic E-state index is 0.951. The van der Waals surface area contributed by atoms with Crippen molar-refractivity contribution in [1.29, 1.82) is 0 Å². The Balaban J connectivity index is 4.87. The molecule has 0 amide bonds. The van der Waals surface area contributed by atoms with Crippen molar-refractivity contribution in [1.82, 2.24) is 0 Å². The molecule has 15 heavy (non-hydrogen) atoms. The lowest BCUT2D eigenvalue weighted by atomic mass is 10.4. The van der Waals surface area contributed by atoms with Crippen LogP contribution >= 0.6 is 0 Å². The summed E-state index contributed by atoms with van der Waals surface area (Å²) >= 11 is 0. The summed E-state index contributed by atoms with van der Waals surface area (Å²) in [7, 11) is 0. The summed E-state index contributed by atoms with van der Waals surface area (Å²) in [5.41, 5.74) is 0. The Kier molecular flexibility index (Phi) is 2.04. The van der Waals surface area contributed by atoms with Crippen molar-refractivity contribution in [3.63, 3.8) is 0 Å². The van der Waals surface area contributed by atoms with Gasteiger partial charge in [-0.1, -0.05) is 0 Å². The van der Waals surface area contributed by atoms with Gasteiger partial charge in [0, 0.05) is 32.9 Å². The number of carbonyl (C=O) groups excluding carboxylic acids is 3. The van der Waals surface area contributed by atoms with E-state index in [0.717, 1.165) is 0 Å². The summed E-state index contributed by atoms with van der Waals surface area (Å²) in [4.78, 5) is 33.5. The monoisotopic (exact) mass is 227 g/mol. The lowest BCUT2D eigenvalue weighted by Gasteiger charge is -2.15. The average Bonchev–Trinajstić information content (AvgIpc) is 2.37. The van der Waals surface area contributed by atoms with E-state index in [9.17, 15) is 14.4 Å². The van der Waals surface area contributed by atoms with Crippen molar-refractivity contribution < 1.29 is 40.9 Å². The Labute approximate surface area is 100 Å². The highest BCUT2D eigenvalue weighted by Crippen LogP contribution is 1.97. The zero-order chi connectivity index (χ0) is 19.3. The third-order valence-corrected chi connectivity index (χ3v) is 1.07. The van der Waals surface area contributed by atoms with Crippen LogP contribution in [-0.2, 0) is 28.6 Å². The second-order valence-electron chi connectivity index (χ2n) is 2.22. The summed E-state index contributed by atoms with van der Waals surface area (Å²) in [5.74, 6) is -5.07. The normalized spacial score (nSPS) is 21.0. The number of carbonyl (C=O) groups is 3. The molecule has 0 aliphatic rings. The van der Waals surface area contributed by atoms with Crippen molar-refractivity contribution in [3.05, 3.63) is 0 Å². The Morgan fingerprint density at radius 2 is 1.47 bits per heavy atom. The molecule has 0 aromatic carbocycles. The van der Waals surface area contributed by atoms with Crippen LogP contribution in [0.1, 0.15) is 32.9 Å². The van der Waals surface area contributed by atoms with E-state index >= 15 is 0 Å². The Bertz CT molecular complexity index is 447. The maximum atomic E-state index is 11.3. The van der Waals surface area contributed by atoms with E-state index in [1.807, 2.05) is 0 Å². The third kappa shape index (κ3) is 8.73. The lowest BCUT2D eigenvalue weighted by Crippen LogP contribution is -2.29. The van der Waals surface area contributed by atoms with E-state index in [1.165, 1.54) is 0 Å². The molecule has 0 fully saturated rings. The summed E-state index contributed by atoms with van der Waals surface area (Å²) in [6, 6.07) is 0. The molecule has 0 aromatic heterocycles. The molecule has 0 radical (unpaired) electrons. The van der Waals surface area contributed by atoms with E-state index < -0.39 is 57.8 Å². The first-order valence-electron chi connectivity index (χ1n) is 8.10. The SMILES string of the molecule is [2H]C([2H])([2H])C(=O)OCC(COC(=O)C([2H])([2H])[2H])OC(=O)C([2H])([2H])[2H]. The molecule has 0 aromatic rings. The second-order valence-corrected chi connectivity index (χ2v) is 2.22. The van der Waals surface area contributed by atoms with Crippen molar-refractivity contribution in [3.8, 4) is 0 Å². The van der Waals surface area contributed by atoms with E-state index in [1.54, 1.807) is 0 Å². The standard InChI is InChI=1S/C9H14O6/c1-6(10)13-4-9(15-8(3)12)5-14-7(2)11/h9H,4-5H2,1-3H3/i1D3,2D3,3D3. The Morgan fingerprint density at radius 1 is 1.00 bits per heavy atom. The first kappa shape index (κ1) is 4.51. The van der Waals surface area contributed by atoms with Crippen LogP contribution in [0.3, 0.4) is 0 Å². The van der Waals surface area contributed by atoms with Gasteiger partial charge in [0.1, 0.15) is 13.2 Å². The quantitative estimate of drug-likeness (QED) is 0.487. The van der Waals surface area contributed by atoms with Crippen LogP contribution < -0.4 is 0 Å². The number of hydrogen-bond donors (Lipinski definition) is 0. The zero-order valence-corrected chi connectivity index (χ0v) is 7.44. The summed E-state index contributed by atoms with van der Waals surface area (Å²) < 4.78 is 74.2. The molecule has 6 nitrogen and oxygen atoms in total. The minimum Gasteiger partial charge on any atom is -0.462 e. The zero-order valence-electron chi connectivity index (χ0n) is 16.4. The van der Waals surface area contributed by atoms with Gasteiger partial charge >= 0.3 is 17.9 Å². The second kappa shape index (κ2) is 6.80. The lowest BCUT2D eigenvalue weighted by molar-refractivity contribution is -0.163. The highest BCUT2D eigenvalue weighted by molar-refractivity contribution is 5.67. The van der Waals surface area contributed by atoms with Crippen LogP contribution in [0, 0.1) is 0 Å². The molecular formula is C9H14O6. The molecule has 0 saturated heterocycles. The predicted molar refractivity (Wildman–Crippen MR) is 48.8 cm³/mol. The van der Waals surface area contributed by atoms with Crippen LogP contribution in [-0.4, -0.2) is 37.2 Å². The summed E-state index contributed by atoms with van der Waals surface area (Å²) in [6.45, 7) is -11.3. The van der Waals surface area contributed by atoms with Gasteiger partial charge in [-0.2, -0.15) is 0 Å². The summed E-state index contributed by atoms with van der Waals surface area (Å²) in [5, 5.41) is 0. The fourth-order valence-corrected chi connectivity index (χ4v) is 0.605. The number of rotatable bonds is 5. The highest BCUT2D eigenvalue weighted by Gasteiger charge is 2.15. The number of esters is 3. The molecular weight excluding hydrogens is 204 g/mol. The molecule has 0 aliphatic heterocycles. The van der Waals surface area contributed by atoms with E-state index in [4.69, 9.17) is 12.3 Å². The number of hydrogen-bond acceptors (Lipinski definition) is 6. The molecule has 0 atom stereocenters. The van der Waals surface area contributed by atoms with Gasteiger partial charge in [-0.15, -0.1) is 0 Å². The van der Waals surface area contributed by atoms with E-state index in [0.29, 0.717) is 0 Å². The van der Waals surface area contributed by atoms with Crippen LogP contribution in [0.15, 0.2) is 0 Å². The predicted octanol–water partition coefficient (Wildman–Crippen LogP) is 0.0443. The number of ether oxygens (including phenoxy) is 3. The molecule has 0 N–H and O–H groups in total. The van der Waals surface area contributed by atoms with Crippen LogP contribution in [0.5, 0.6) is 0 Å². The average molecular weight is 227 g/mol. The van der Waals surface area contributed by atoms with Gasteiger partial charge in [-0.25, -0.2) is 0 Å². The van der Waals surface area contributed by atoms with E-state index in [2.05, 4.69) is 14.2 Å². The van der Waals surface area contributed by atoms with Gasteiger partial charge in [0.2, 0.25) is 0 Å².